The lowest BCUT2D eigenvalue weighted by molar-refractivity contribution is 0.102. The van der Waals surface area contributed by atoms with Gasteiger partial charge in [-0.2, -0.15) is 0 Å². The minimum absolute atomic E-state index is 0.247. The maximum Gasteiger partial charge on any atom is 0.277 e. The zero-order valence-electron chi connectivity index (χ0n) is 13.2. The van der Waals surface area contributed by atoms with Gasteiger partial charge in [0.05, 0.1) is 0 Å². The molecule has 1 aliphatic carbocycles. The Balaban J connectivity index is 1.58. The van der Waals surface area contributed by atoms with Gasteiger partial charge in [-0.3, -0.25) is 4.79 Å². The van der Waals surface area contributed by atoms with Gasteiger partial charge in [-0.25, -0.2) is 0 Å². The van der Waals surface area contributed by atoms with Gasteiger partial charge in [0.2, 0.25) is 0 Å². The first-order valence-electron chi connectivity index (χ1n) is 8.05. The zero-order valence-corrected chi connectivity index (χ0v) is 13.2. The molecule has 0 bridgehead atoms. The van der Waals surface area contributed by atoms with E-state index < -0.39 is 0 Å². The molecule has 0 unspecified atom stereocenters. The Morgan fingerprint density at radius 1 is 1.13 bits per heavy atom. The van der Waals surface area contributed by atoms with Crippen LogP contribution < -0.4 is 10.6 Å². The molecule has 2 aromatic rings. The summed E-state index contributed by atoms with van der Waals surface area (Å²) in [5, 5.41) is 17.8. The molecule has 3 rings (SSSR count). The summed E-state index contributed by atoms with van der Waals surface area (Å²) in [6, 6.07) is 5.55. The van der Waals surface area contributed by atoms with Crippen molar-refractivity contribution in [1.29, 1.82) is 0 Å². The number of carbonyl (C=O) groups is 1. The van der Waals surface area contributed by atoms with Crippen molar-refractivity contribution < 1.29 is 9.32 Å². The number of hydrogen-bond acceptors (Lipinski definition) is 6. The van der Waals surface area contributed by atoms with Crippen LogP contribution in [0.5, 0.6) is 0 Å². The zero-order chi connectivity index (χ0) is 16.1. The molecule has 1 amide bonds. The average molecular weight is 315 g/mol. The summed E-state index contributed by atoms with van der Waals surface area (Å²) in [7, 11) is 0. The Morgan fingerprint density at radius 3 is 2.52 bits per heavy atom. The quantitative estimate of drug-likeness (QED) is 0.842. The molecule has 0 aliphatic heterocycles. The van der Waals surface area contributed by atoms with E-state index in [-0.39, 0.29) is 11.6 Å². The highest BCUT2D eigenvalue weighted by Crippen LogP contribution is 2.20. The van der Waals surface area contributed by atoms with Gasteiger partial charge >= 0.3 is 0 Å². The maximum atomic E-state index is 12.1. The smallest absolute Gasteiger partial charge is 0.277 e. The third-order valence-electron chi connectivity index (χ3n) is 3.97. The SMILES string of the molecule is Cc1cc(NC(=O)c2ccc(NC3CCCCCC3)nn2)no1. The second-order valence-corrected chi connectivity index (χ2v) is 5.91. The number of aryl methyl sites for hydroxylation is 1. The molecular formula is C16H21N5O2. The van der Waals surface area contributed by atoms with E-state index in [9.17, 15) is 4.79 Å². The topological polar surface area (TPSA) is 92.9 Å². The summed E-state index contributed by atoms with van der Waals surface area (Å²) >= 11 is 0. The Bertz CT molecular complexity index is 645. The largest absolute Gasteiger partial charge is 0.366 e. The number of carbonyl (C=O) groups excluding carboxylic acids is 1. The number of amides is 1. The Kier molecular flexibility index (Phi) is 4.85. The van der Waals surface area contributed by atoms with E-state index in [1.54, 1.807) is 25.1 Å². The molecule has 1 saturated carbocycles. The van der Waals surface area contributed by atoms with Crippen molar-refractivity contribution in [3.8, 4) is 0 Å². The second-order valence-electron chi connectivity index (χ2n) is 5.91. The van der Waals surface area contributed by atoms with Crippen LogP contribution in [0.2, 0.25) is 0 Å². The second kappa shape index (κ2) is 7.21. The molecular weight excluding hydrogens is 294 g/mol. The van der Waals surface area contributed by atoms with E-state index in [1.165, 1.54) is 25.7 Å². The molecule has 0 spiro atoms. The monoisotopic (exact) mass is 315 g/mol. The van der Waals surface area contributed by atoms with Gasteiger partial charge in [-0.15, -0.1) is 10.2 Å². The van der Waals surface area contributed by atoms with Gasteiger partial charge in [-0.1, -0.05) is 30.8 Å². The van der Waals surface area contributed by atoms with Crippen LogP contribution in [0.1, 0.15) is 54.8 Å². The standard InChI is InChI=1S/C16H21N5O2/c1-11-10-15(21-23-11)18-16(22)13-8-9-14(20-19-13)17-12-6-4-2-3-5-7-12/h8-10,12H,2-7H2,1H3,(H,17,20)(H,18,21,22). The van der Waals surface area contributed by atoms with Crippen molar-refractivity contribution in [2.45, 2.75) is 51.5 Å². The summed E-state index contributed by atoms with van der Waals surface area (Å²) < 4.78 is 4.90. The summed E-state index contributed by atoms with van der Waals surface area (Å²) in [6.07, 6.45) is 7.45. The molecule has 1 aliphatic rings. The molecule has 122 valence electrons. The molecule has 0 radical (unpaired) electrons. The Labute approximate surface area is 134 Å². The van der Waals surface area contributed by atoms with Crippen molar-refractivity contribution in [2.75, 3.05) is 10.6 Å². The number of nitrogens with zero attached hydrogens (tertiary/aromatic N) is 3. The van der Waals surface area contributed by atoms with Crippen molar-refractivity contribution in [1.82, 2.24) is 15.4 Å². The minimum Gasteiger partial charge on any atom is -0.366 e. The maximum absolute atomic E-state index is 12.1. The van der Waals surface area contributed by atoms with E-state index in [0.717, 1.165) is 12.8 Å². The number of rotatable bonds is 4. The van der Waals surface area contributed by atoms with Crippen LogP contribution in [0.15, 0.2) is 22.7 Å². The third kappa shape index (κ3) is 4.28. The fraction of sp³-hybridized carbons (Fsp3) is 0.500. The molecule has 23 heavy (non-hydrogen) atoms. The van der Waals surface area contributed by atoms with Gasteiger partial charge in [-0.05, 0) is 31.9 Å². The molecule has 2 heterocycles. The molecule has 0 aromatic carbocycles. The predicted molar refractivity (Wildman–Crippen MR) is 86.3 cm³/mol. The molecule has 2 aromatic heterocycles. The Hall–Kier alpha value is -2.44. The molecule has 0 saturated heterocycles. The first-order valence-corrected chi connectivity index (χ1v) is 8.05. The van der Waals surface area contributed by atoms with Gasteiger partial charge in [0.15, 0.2) is 11.5 Å². The summed E-state index contributed by atoms with van der Waals surface area (Å²) in [4.78, 5) is 12.1. The van der Waals surface area contributed by atoms with Crippen molar-refractivity contribution in [3.05, 3.63) is 29.7 Å². The highest BCUT2D eigenvalue weighted by molar-refractivity contribution is 6.02. The normalized spacial score (nSPS) is 15.9. The highest BCUT2D eigenvalue weighted by Gasteiger charge is 2.14. The van der Waals surface area contributed by atoms with E-state index in [2.05, 4.69) is 26.0 Å². The number of nitrogens with one attached hydrogen (secondary N) is 2. The average Bonchev–Trinajstić information content (AvgIpc) is 2.80. The van der Waals surface area contributed by atoms with Gasteiger partial charge in [0.1, 0.15) is 11.6 Å². The van der Waals surface area contributed by atoms with E-state index >= 15 is 0 Å². The molecule has 0 atom stereocenters. The van der Waals surface area contributed by atoms with Crippen molar-refractivity contribution in [3.63, 3.8) is 0 Å². The first kappa shape index (κ1) is 15.5. The summed E-state index contributed by atoms with van der Waals surface area (Å²) in [5.74, 6) is 1.36. The fourth-order valence-electron chi connectivity index (χ4n) is 2.77. The van der Waals surface area contributed by atoms with Crippen LogP contribution in [0.4, 0.5) is 11.6 Å². The van der Waals surface area contributed by atoms with Crippen molar-refractivity contribution >= 4 is 17.5 Å². The minimum atomic E-state index is -0.355. The van der Waals surface area contributed by atoms with Crippen LogP contribution >= 0.6 is 0 Å². The highest BCUT2D eigenvalue weighted by atomic mass is 16.5. The van der Waals surface area contributed by atoms with Crippen LogP contribution in [0.3, 0.4) is 0 Å². The van der Waals surface area contributed by atoms with E-state index in [4.69, 9.17) is 4.52 Å². The predicted octanol–water partition coefficient (Wildman–Crippen LogP) is 3.16. The summed E-state index contributed by atoms with van der Waals surface area (Å²) in [5.41, 5.74) is 0.247. The molecule has 7 nitrogen and oxygen atoms in total. The lowest BCUT2D eigenvalue weighted by Crippen LogP contribution is -2.20. The van der Waals surface area contributed by atoms with Crippen molar-refractivity contribution in [2.24, 2.45) is 0 Å². The van der Waals surface area contributed by atoms with Crippen LogP contribution in [-0.4, -0.2) is 27.3 Å². The lowest BCUT2D eigenvalue weighted by atomic mass is 10.1. The van der Waals surface area contributed by atoms with Gasteiger partial charge in [0, 0.05) is 12.1 Å². The molecule has 7 heteroatoms. The molecule has 2 N–H and O–H groups in total. The number of anilines is 2. The third-order valence-corrected chi connectivity index (χ3v) is 3.97. The Morgan fingerprint density at radius 2 is 1.91 bits per heavy atom. The lowest BCUT2D eigenvalue weighted by Gasteiger charge is -2.16. The van der Waals surface area contributed by atoms with Gasteiger partial charge < -0.3 is 15.2 Å². The summed E-state index contributed by atoms with van der Waals surface area (Å²) in [6.45, 7) is 1.76. The fourth-order valence-corrected chi connectivity index (χ4v) is 2.77. The number of hydrogen-bond donors (Lipinski definition) is 2. The van der Waals surface area contributed by atoms with E-state index in [1.807, 2.05) is 0 Å². The number of aromatic nitrogens is 3. The van der Waals surface area contributed by atoms with Crippen LogP contribution in [0.25, 0.3) is 0 Å². The van der Waals surface area contributed by atoms with Gasteiger partial charge in [0.25, 0.3) is 5.91 Å². The van der Waals surface area contributed by atoms with Crippen LogP contribution in [0, 0.1) is 6.92 Å². The molecule has 1 fully saturated rings. The first-order chi connectivity index (χ1) is 11.2. The van der Waals surface area contributed by atoms with Crippen LogP contribution in [-0.2, 0) is 0 Å². The van der Waals surface area contributed by atoms with E-state index in [0.29, 0.717) is 23.4 Å².